The molecule has 0 bridgehead atoms. The second-order valence-corrected chi connectivity index (χ2v) is 9.52. The number of thiazole rings is 1. The molecule has 0 saturated carbocycles. The van der Waals surface area contributed by atoms with Crippen molar-refractivity contribution in [3.63, 3.8) is 0 Å². The third-order valence-electron chi connectivity index (χ3n) is 3.54. The number of rotatable bonds is 7. The van der Waals surface area contributed by atoms with Crippen molar-refractivity contribution in [2.24, 2.45) is 0 Å². The number of nitrogens with one attached hydrogen (secondary N) is 1. The molecule has 0 radical (unpaired) electrons. The van der Waals surface area contributed by atoms with E-state index in [2.05, 4.69) is 16.6 Å². The molecule has 132 valence electrons. The van der Waals surface area contributed by atoms with Crippen LogP contribution in [0.1, 0.15) is 12.5 Å². The highest BCUT2D eigenvalue weighted by atomic mass is 32.2. The summed E-state index contributed by atoms with van der Waals surface area (Å²) in [5.41, 5.74) is 1.69. The highest BCUT2D eigenvalue weighted by Gasteiger charge is 2.15. The first-order valence-corrected chi connectivity index (χ1v) is 11.0. The van der Waals surface area contributed by atoms with E-state index in [1.807, 2.05) is 12.1 Å². The second-order valence-electron chi connectivity index (χ2n) is 5.21. The first-order valence-electron chi connectivity index (χ1n) is 7.68. The smallest absolute Gasteiger partial charge is 0.240 e. The lowest BCUT2D eigenvalue weighted by atomic mass is 10.2. The molecule has 0 spiro atoms. The molecule has 3 rings (SSSR count). The summed E-state index contributed by atoms with van der Waals surface area (Å²) >= 11 is 3.17. The molecular weight excluding hydrogens is 376 g/mol. The van der Waals surface area contributed by atoms with Crippen LogP contribution < -0.4 is 9.46 Å². The molecule has 8 heteroatoms. The minimum Gasteiger partial charge on any atom is -0.497 e. The predicted molar refractivity (Wildman–Crippen MR) is 103 cm³/mol. The van der Waals surface area contributed by atoms with Crippen LogP contribution >= 0.6 is 23.1 Å². The number of thioether (sulfide) groups is 1. The Morgan fingerprint density at radius 1 is 1.20 bits per heavy atom. The van der Waals surface area contributed by atoms with Gasteiger partial charge in [0.2, 0.25) is 10.0 Å². The van der Waals surface area contributed by atoms with Gasteiger partial charge in [-0.25, -0.2) is 18.1 Å². The Morgan fingerprint density at radius 2 is 1.96 bits per heavy atom. The van der Waals surface area contributed by atoms with Crippen molar-refractivity contribution in [2.45, 2.75) is 22.7 Å². The number of ether oxygens (including phenoxy) is 1. The van der Waals surface area contributed by atoms with E-state index in [9.17, 15) is 8.42 Å². The summed E-state index contributed by atoms with van der Waals surface area (Å²) < 4.78 is 34.7. The summed E-state index contributed by atoms with van der Waals surface area (Å²) in [6.07, 6.45) is 0. The molecule has 25 heavy (non-hydrogen) atoms. The average Bonchev–Trinajstić information content (AvgIpc) is 3.02. The highest BCUT2D eigenvalue weighted by molar-refractivity contribution is 8.01. The topological polar surface area (TPSA) is 68.3 Å². The van der Waals surface area contributed by atoms with Crippen molar-refractivity contribution in [1.82, 2.24) is 9.71 Å². The second kappa shape index (κ2) is 7.74. The van der Waals surface area contributed by atoms with E-state index in [0.29, 0.717) is 0 Å². The maximum absolute atomic E-state index is 12.5. The number of sulfonamides is 1. The fourth-order valence-electron chi connectivity index (χ4n) is 2.24. The van der Waals surface area contributed by atoms with Gasteiger partial charge in [0.25, 0.3) is 0 Å². The lowest BCUT2D eigenvalue weighted by molar-refractivity contribution is 0.414. The SMILES string of the molecule is CCSc1nc2ccc(S(=O)(=O)NCc3ccc(OC)cc3)cc2s1. The van der Waals surface area contributed by atoms with Gasteiger partial charge in [-0.1, -0.05) is 30.8 Å². The minimum absolute atomic E-state index is 0.226. The molecular formula is C17H18N2O3S3. The normalized spacial score (nSPS) is 11.8. The van der Waals surface area contributed by atoms with Crippen molar-refractivity contribution in [2.75, 3.05) is 12.9 Å². The van der Waals surface area contributed by atoms with E-state index < -0.39 is 10.0 Å². The van der Waals surface area contributed by atoms with Crippen molar-refractivity contribution in [3.05, 3.63) is 48.0 Å². The van der Waals surface area contributed by atoms with Crippen LogP contribution in [0.3, 0.4) is 0 Å². The molecule has 1 aromatic heterocycles. The quantitative estimate of drug-likeness (QED) is 0.616. The molecule has 0 aliphatic rings. The standard InChI is InChI=1S/C17H18N2O3S3/c1-3-23-17-19-15-9-8-14(10-16(15)24-17)25(20,21)18-11-12-4-6-13(22-2)7-5-12/h4-10,18H,3,11H2,1-2H3. The number of fused-ring (bicyclic) bond motifs is 1. The van der Waals surface area contributed by atoms with Gasteiger partial charge in [-0.2, -0.15) is 0 Å². The van der Waals surface area contributed by atoms with Crippen molar-refractivity contribution < 1.29 is 13.2 Å². The summed E-state index contributed by atoms with van der Waals surface area (Å²) in [7, 11) is -1.98. The monoisotopic (exact) mass is 394 g/mol. The summed E-state index contributed by atoms with van der Waals surface area (Å²) in [6, 6.07) is 12.3. The zero-order valence-corrected chi connectivity index (χ0v) is 16.3. The Balaban J connectivity index is 1.77. The van der Waals surface area contributed by atoms with Crippen LogP contribution in [0.2, 0.25) is 0 Å². The van der Waals surface area contributed by atoms with Gasteiger partial charge in [-0.05, 0) is 41.6 Å². The van der Waals surface area contributed by atoms with Gasteiger partial charge in [-0.3, -0.25) is 0 Å². The number of hydrogen-bond acceptors (Lipinski definition) is 6. The zero-order valence-electron chi connectivity index (χ0n) is 13.9. The molecule has 3 aromatic rings. The molecule has 0 saturated heterocycles. The Hall–Kier alpha value is -1.61. The highest BCUT2D eigenvalue weighted by Crippen LogP contribution is 2.30. The minimum atomic E-state index is -3.58. The van der Waals surface area contributed by atoms with Crippen molar-refractivity contribution >= 4 is 43.3 Å². The van der Waals surface area contributed by atoms with Crippen LogP contribution in [0.25, 0.3) is 10.2 Å². The van der Waals surface area contributed by atoms with E-state index in [4.69, 9.17) is 4.74 Å². The van der Waals surface area contributed by atoms with Gasteiger partial charge in [-0.15, -0.1) is 11.3 Å². The summed E-state index contributed by atoms with van der Waals surface area (Å²) in [6.45, 7) is 2.29. The molecule has 0 amide bonds. The number of nitrogens with zero attached hydrogens (tertiary/aromatic N) is 1. The van der Waals surface area contributed by atoms with Crippen LogP contribution in [0.4, 0.5) is 0 Å². The fraction of sp³-hybridized carbons (Fsp3) is 0.235. The molecule has 2 aromatic carbocycles. The average molecular weight is 395 g/mol. The van der Waals surface area contributed by atoms with E-state index >= 15 is 0 Å². The lowest BCUT2D eigenvalue weighted by Gasteiger charge is -2.07. The molecule has 0 aliphatic carbocycles. The molecule has 1 heterocycles. The molecule has 5 nitrogen and oxygen atoms in total. The largest absolute Gasteiger partial charge is 0.497 e. The fourth-order valence-corrected chi connectivity index (χ4v) is 5.36. The zero-order chi connectivity index (χ0) is 17.9. The molecule has 0 atom stereocenters. The van der Waals surface area contributed by atoms with Crippen LogP contribution in [0.5, 0.6) is 5.75 Å². The molecule has 0 unspecified atom stereocenters. The maximum atomic E-state index is 12.5. The maximum Gasteiger partial charge on any atom is 0.240 e. The third kappa shape index (κ3) is 4.33. The van der Waals surface area contributed by atoms with Crippen LogP contribution in [0.15, 0.2) is 51.7 Å². The molecule has 0 aliphatic heterocycles. The van der Waals surface area contributed by atoms with Gasteiger partial charge in [0.05, 0.1) is 22.2 Å². The summed E-state index contributed by atoms with van der Waals surface area (Å²) in [5.74, 6) is 1.68. The van der Waals surface area contributed by atoms with Gasteiger partial charge in [0.15, 0.2) is 4.34 Å². The van der Waals surface area contributed by atoms with E-state index in [1.54, 1.807) is 49.2 Å². The van der Waals surface area contributed by atoms with Gasteiger partial charge >= 0.3 is 0 Å². The Bertz CT molecular complexity index is 966. The number of benzene rings is 2. The summed E-state index contributed by atoms with van der Waals surface area (Å²) in [5, 5.41) is 0. The van der Waals surface area contributed by atoms with E-state index in [0.717, 1.165) is 31.6 Å². The van der Waals surface area contributed by atoms with Crippen LogP contribution in [0, 0.1) is 0 Å². The molecule has 1 N–H and O–H groups in total. The van der Waals surface area contributed by atoms with Gasteiger partial charge in [0.1, 0.15) is 5.75 Å². The van der Waals surface area contributed by atoms with Gasteiger partial charge < -0.3 is 4.74 Å². The van der Waals surface area contributed by atoms with Gasteiger partial charge in [0, 0.05) is 6.54 Å². The Morgan fingerprint density at radius 3 is 2.64 bits per heavy atom. The molecule has 0 fully saturated rings. The predicted octanol–water partition coefficient (Wildman–Crippen LogP) is 3.90. The Kier molecular flexibility index (Phi) is 5.63. The number of methoxy groups -OCH3 is 1. The number of aromatic nitrogens is 1. The number of hydrogen-bond donors (Lipinski definition) is 1. The van der Waals surface area contributed by atoms with Crippen LogP contribution in [-0.4, -0.2) is 26.3 Å². The van der Waals surface area contributed by atoms with E-state index in [-0.39, 0.29) is 11.4 Å². The first-order chi connectivity index (χ1) is 12.0. The third-order valence-corrected chi connectivity index (χ3v) is 6.99. The Labute approximate surface area is 155 Å². The van der Waals surface area contributed by atoms with Crippen LogP contribution in [-0.2, 0) is 16.6 Å². The van der Waals surface area contributed by atoms with E-state index in [1.165, 1.54) is 11.3 Å². The van der Waals surface area contributed by atoms with Crippen molar-refractivity contribution in [1.29, 1.82) is 0 Å². The summed E-state index contributed by atoms with van der Waals surface area (Å²) in [4.78, 5) is 4.74. The van der Waals surface area contributed by atoms with Crippen molar-refractivity contribution in [3.8, 4) is 5.75 Å². The lowest BCUT2D eigenvalue weighted by Crippen LogP contribution is -2.23. The first kappa shape index (κ1) is 18.2.